The molecule has 4 aliphatic heterocycles. The van der Waals surface area contributed by atoms with Crippen molar-refractivity contribution in [3.63, 3.8) is 0 Å². The number of hydrogen-bond donors (Lipinski definition) is 0. The van der Waals surface area contributed by atoms with Crippen molar-refractivity contribution in [2.24, 2.45) is 0 Å². The van der Waals surface area contributed by atoms with Gasteiger partial charge >= 0.3 is 0 Å². The number of hydrogen-bond acceptors (Lipinski definition) is 8. The van der Waals surface area contributed by atoms with Gasteiger partial charge in [0.05, 0.1) is 26.2 Å². The summed E-state index contributed by atoms with van der Waals surface area (Å²) in [4.78, 5) is 112. The number of imide groups is 4. The summed E-state index contributed by atoms with van der Waals surface area (Å²) in [5, 5.41) is 1.54. The molecule has 0 N–H and O–H groups in total. The highest BCUT2D eigenvalue weighted by atomic mass is 16.2. The largest absolute Gasteiger partial charge is 0.270 e. The van der Waals surface area contributed by atoms with Crippen LogP contribution in [0.4, 0.5) is 0 Å². The molecule has 12 heteroatoms. The zero-order valence-electron chi connectivity index (χ0n) is 36.0. The lowest BCUT2D eigenvalue weighted by molar-refractivity contribution is 0.0577. The lowest BCUT2D eigenvalue weighted by Crippen LogP contribution is -2.42. The topological polar surface area (TPSA) is 150 Å². The van der Waals surface area contributed by atoms with E-state index in [-0.39, 0.29) is 26.2 Å². The number of rotatable bonds is 8. The molecule has 0 aliphatic carbocycles. The molecule has 12 nitrogen and oxygen atoms in total. The van der Waals surface area contributed by atoms with Crippen LogP contribution in [0.2, 0.25) is 0 Å². The monoisotopic (exact) mass is 892 g/mol. The Kier molecular flexibility index (Phi) is 10.0. The van der Waals surface area contributed by atoms with Gasteiger partial charge in [-0.15, -0.1) is 0 Å². The maximum Gasteiger partial charge on any atom is 0.261 e. The fourth-order valence-corrected chi connectivity index (χ4v) is 9.59. The highest BCUT2D eigenvalue weighted by Crippen LogP contribution is 2.40. The molecular formula is C56H36N4O8. The molecule has 8 aromatic carbocycles. The summed E-state index contributed by atoms with van der Waals surface area (Å²) in [5.74, 6) is -3.47. The molecule has 4 aliphatic rings. The second kappa shape index (κ2) is 16.4. The van der Waals surface area contributed by atoms with Crippen LogP contribution in [0, 0.1) is 0 Å². The van der Waals surface area contributed by atoms with Gasteiger partial charge in [0.1, 0.15) is 0 Å². The molecular weight excluding hydrogens is 857 g/mol. The standard InChI is InChI=1S/2C28H18N2O4/c2*31-25-19-11-13-21-24-22(28(34)30(27(21)33)16-18-9-5-2-6-10-18)14-12-20(23(19)24)26(32)29(25)15-17-7-3-1-4-8-17/h2*1-14H,15-16H2. The van der Waals surface area contributed by atoms with Gasteiger partial charge < -0.3 is 0 Å². The maximum atomic E-state index is 13.3. The van der Waals surface area contributed by atoms with Gasteiger partial charge in [-0.3, -0.25) is 58.0 Å². The third-order valence-electron chi connectivity index (χ3n) is 12.9. The van der Waals surface area contributed by atoms with Crippen LogP contribution in [-0.4, -0.2) is 66.9 Å². The fourth-order valence-electron chi connectivity index (χ4n) is 9.59. The molecule has 0 aromatic heterocycles. The normalized spacial score (nSPS) is 14.8. The maximum absolute atomic E-state index is 13.3. The van der Waals surface area contributed by atoms with Crippen molar-refractivity contribution in [2.45, 2.75) is 26.2 Å². The van der Waals surface area contributed by atoms with Gasteiger partial charge in [0.25, 0.3) is 47.3 Å². The number of carbonyl (C=O) groups excluding carboxylic acids is 8. The highest BCUT2D eigenvalue weighted by Gasteiger charge is 2.41. The Hall–Kier alpha value is -9.16. The molecule has 68 heavy (non-hydrogen) atoms. The van der Waals surface area contributed by atoms with E-state index in [0.717, 1.165) is 22.3 Å². The van der Waals surface area contributed by atoms with E-state index in [2.05, 4.69) is 0 Å². The van der Waals surface area contributed by atoms with Crippen LogP contribution >= 0.6 is 0 Å². The summed E-state index contributed by atoms with van der Waals surface area (Å²) >= 11 is 0. The molecule has 0 atom stereocenters. The van der Waals surface area contributed by atoms with Crippen molar-refractivity contribution in [1.82, 2.24) is 19.6 Å². The number of amides is 8. The predicted octanol–water partition coefficient (Wildman–Crippen LogP) is 8.86. The third-order valence-corrected chi connectivity index (χ3v) is 12.9. The molecule has 328 valence electrons. The summed E-state index contributed by atoms with van der Waals surface area (Å²) in [6, 6.07) is 49.9. The summed E-state index contributed by atoms with van der Waals surface area (Å²) in [6.45, 7) is 0.578. The van der Waals surface area contributed by atoms with Crippen molar-refractivity contribution in [2.75, 3.05) is 0 Å². The van der Waals surface area contributed by atoms with E-state index < -0.39 is 47.3 Å². The summed E-state index contributed by atoms with van der Waals surface area (Å²) in [7, 11) is 0. The minimum Gasteiger partial charge on any atom is -0.270 e. The first-order valence-electron chi connectivity index (χ1n) is 21.9. The Labute approximate surface area is 388 Å². The van der Waals surface area contributed by atoms with Crippen molar-refractivity contribution in [3.8, 4) is 0 Å². The Bertz CT molecular complexity index is 2910. The molecule has 0 unspecified atom stereocenters. The van der Waals surface area contributed by atoms with Gasteiger partial charge in [-0.2, -0.15) is 0 Å². The number of nitrogens with zero attached hydrogens (tertiary/aromatic N) is 4. The minimum absolute atomic E-state index is 0.145. The number of carbonyl (C=O) groups is 8. The summed E-state index contributed by atoms with van der Waals surface area (Å²) < 4.78 is 0. The third kappa shape index (κ3) is 6.68. The predicted molar refractivity (Wildman–Crippen MR) is 250 cm³/mol. The van der Waals surface area contributed by atoms with Crippen LogP contribution < -0.4 is 0 Å². The molecule has 0 fully saturated rings. The van der Waals surface area contributed by atoms with Gasteiger partial charge in [0.15, 0.2) is 0 Å². The Balaban J connectivity index is 0.000000149. The zero-order chi connectivity index (χ0) is 46.8. The van der Waals surface area contributed by atoms with Crippen molar-refractivity contribution >= 4 is 68.8 Å². The average molecular weight is 893 g/mol. The van der Waals surface area contributed by atoms with Crippen molar-refractivity contribution in [3.05, 3.63) is 237 Å². The molecule has 4 heterocycles. The molecule has 0 bridgehead atoms. The fraction of sp³-hybridized carbons (Fsp3) is 0.0714. The van der Waals surface area contributed by atoms with Crippen LogP contribution in [0.5, 0.6) is 0 Å². The highest BCUT2D eigenvalue weighted by molar-refractivity contribution is 6.34. The van der Waals surface area contributed by atoms with Gasteiger partial charge in [-0.05, 0) is 70.8 Å². The lowest BCUT2D eigenvalue weighted by Gasteiger charge is -2.32. The molecule has 12 rings (SSSR count). The van der Waals surface area contributed by atoms with Crippen LogP contribution in [0.15, 0.2) is 170 Å². The van der Waals surface area contributed by atoms with Crippen molar-refractivity contribution in [1.29, 1.82) is 0 Å². The minimum atomic E-state index is -0.434. The quantitative estimate of drug-likeness (QED) is 0.137. The summed E-state index contributed by atoms with van der Waals surface area (Å²) in [6.07, 6.45) is 0. The van der Waals surface area contributed by atoms with E-state index in [1.165, 1.54) is 19.6 Å². The van der Waals surface area contributed by atoms with E-state index in [1.54, 1.807) is 48.5 Å². The van der Waals surface area contributed by atoms with Gasteiger partial charge in [-0.1, -0.05) is 121 Å². The van der Waals surface area contributed by atoms with Gasteiger partial charge in [-0.25, -0.2) is 0 Å². The van der Waals surface area contributed by atoms with E-state index >= 15 is 0 Å². The van der Waals surface area contributed by atoms with E-state index in [0.29, 0.717) is 66.1 Å². The molecule has 0 radical (unpaired) electrons. The zero-order valence-corrected chi connectivity index (χ0v) is 36.0. The molecule has 0 spiro atoms. The smallest absolute Gasteiger partial charge is 0.261 e. The SMILES string of the molecule is O=C1c2ccc3c4c(ccc(c24)C(=O)N1Cc1ccccc1)C(=O)N(Cc1ccccc1)C3=O.O=C1c2ccc3c4c(ccc(c24)C(=O)N1Cc1ccccc1)C(=O)N(Cc1ccccc1)C3=O. The lowest BCUT2D eigenvalue weighted by atomic mass is 9.85. The second-order valence-corrected chi connectivity index (χ2v) is 16.9. The van der Waals surface area contributed by atoms with Gasteiger partial charge in [0.2, 0.25) is 0 Å². The van der Waals surface area contributed by atoms with Crippen molar-refractivity contribution < 1.29 is 38.4 Å². The van der Waals surface area contributed by atoms with Crippen LogP contribution in [0.1, 0.15) is 105 Å². The first-order chi connectivity index (χ1) is 33.1. The number of benzene rings is 8. The molecule has 8 aromatic rings. The second-order valence-electron chi connectivity index (χ2n) is 16.9. The average Bonchev–Trinajstić information content (AvgIpc) is 3.37. The molecule has 8 amide bonds. The first-order valence-corrected chi connectivity index (χ1v) is 21.9. The van der Waals surface area contributed by atoms with E-state index in [1.807, 2.05) is 121 Å². The van der Waals surface area contributed by atoms with E-state index in [9.17, 15) is 38.4 Å². The molecule has 0 saturated carbocycles. The first kappa shape index (κ1) is 41.5. The van der Waals surface area contributed by atoms with Crippen LogP contribution in [0.25, 0.3) is 21.5 Å². The Morgan fingerprint density at radius 1 is 0.206 bits per heavy atom. The molecule has 0 saturated heterocycles. The van der Waals surface area contributed by atoms with Gasteiger partial charge in [0, 0.05) is 66.1 Å². The van der Waals surface area contributed by atoms with E-state index in [4.69, 9.17) is 0 Å². The summed E-state index contributed by atoms with van der Waals surface area (Å²) in [5.41, 5.74) is 5.91. The Morgan fingerprint density at radius 3 is 0.500 bits per heavy atom. The van der Waals surface area contributed by atoms with Crippen LogP contribution in [-0.2, 0) is 26.2 Å². The Morgan fingerprint density at radius 2 is 0.353 bits per heavy atom. The van der Waals surface area contributed by atoms with Crippen LogP contribution in [0.3, 0.4) is 0 Å².